The Morgan fingerprint density at radius 3 is 2.78 bits per heavy atom. The van der Waals surface area contributed by atoms with E-state index in [1.165, 1.54) is 0 Å². The summed E-state index contributed by atoms with van der Waals surface area (Å²) in [5.41, 5.74) is 1.99. The number of methoxy groups -OCH3 is 1. The first-order valence-electron chi connectivity index (χ1n) is 7.66. The number of nitrogens with zero attached hydrogens (tertiary/aromatic N) is 1. The van der Waals surface area contributed by atoms with Gasteiger partial charge in [0.05, 0.1) is 19.4 Å². The van der Waals surface area contributed by atoms with Crippen LogP contribution in [0.1, 0.15) is 23.2 Å². The van der Waals surface area contributed by atoms with Crippen LogP contribution in [-0.4, -0.2) is 36.3 Å². The lowest BCUT2D eigenvalue weighted by atomic mass is 10.0. The highest BCUT2D eigenvalue weighted by Gasteiger charge is 2.42. The maximum absolute atomic E-state index is 12.4. The van der Waals surface area contributed by atoms with Crippen LogP contribution in [0.4, 0.5) is 0 Å². The van der Waals surface area contributed by atoms with Gasteiger partial charge in [-0.2, -0.15) is 0 Å². The molecule has 1 aliphatic carbocycles. The molecule has 2 aromatic rings. The molecular weight excluding hydrogens is 292 g/mol. The fraction of sp³-hybridized carbons (Fsp3) is 0.333. The third-order valence-electron chi connectivity index (χ3n) is 4.32. The molecule has 120 valence electrons. The lowest BCUT2D eigenvalue weighted by Gasteiger charge is -2.14. The lowest BCUT2D eigenvalue weighted by molar-refractivity contribution is 0.0935. The summed E-state index contributed by atoms with van der Waals surface area (Å²) in [7, 11) is 1.60. The third-order valence-corrected chi connectivity index (χ3v) is 4.32. The summed E-state index contributed by atoms with van der Waals surface area (Å²) < 4.78 is 5.37. The van der Waals surface area contributed by atoms with Crippen LogP contribution in [0, 0.1) is 5.41 Å². The van der Waals surface area contributed by atoms with Gasteiger partial charge < -0.3 is 15.2 Å². The zero-order valence-electron chi connectivity index (χ0n) is 13.1. The summed E-state index contributed by atoms with van der Waals surface area (Å²) >= 11 is 0. The van der Waals surface area contributed by atoms with Gasteiger partial charge in [0.15, 0.2) is 0 Å². The fourth-order valence-electron chi connectivity index (χ4n) is 2.51. The molecule has 1 saturated carbocycles. The van der Waals surface area contributed by atoms with E-state index >= 15 is 0 Å². The van der Waals surface area contributed by atoms with E-state index in [-0.39, 0.29) is 17.9 Å². The monoisotopic (exact) mass is 312 g/mol. The zero-order valence-corrected chi connectivity index (χ0v) is 13.1. The van der Waals surface area contributed by atoms with Crippen LogP contribution >= 0.6 is 0 Å². The fourth-order valence-corrected chi connectivity index (χ4v) is 2.51. The molecule has 1 aromatic carbocycles. The molecule has 1 aromatic heterocycles. The maximum Gasteiger partial charge on any atom is 0.251 e. The van der Waals surface area contributed by atoms with Crippen LogP contribution in [0.25, 0.3) is 11.3 Å². The topological polar surface area (TPSA) is 71.5 Å². The van der Waals surface area contributed by atoms with E-state index in [2.05, 4.69) is 10.3 Å². The number of aliphatic hydroxyl groups excluding tert-OH is 1. The van der Waals surface area contributed by atoms with Crippen LogP contribution in [0.5, 0.6) is 5.75 Å². The number of ether oxygens (including phenoxy) is 1. The number of nitrogens with one attached hydrogen (secondary N) is 1. The second-order valence-electron chi connectivity index (χ2n) is 5.97. The summed E-state index contributed by atoms with van der Waals surface area (Å²) in [5, 5.41) is 12.2. The molecule has 0 atom stereocenters. The number of aliphatic hydroxyl groups is 1. The van der Waals surface area contributed by atoms with E-state index in [9.17, 15) is 9.90 Å². The van der Waals surface area contributed by atoms with Crippen molar-refractivity contribution in [3.63, 3.8) is 0 Å². The molecule has 0 radical (unpaired) electrons. The van der Waals surface area contributed by atoms with Gasteiger partial charge in [-0.15, -0.1) is 0 Å². The predicted octanol–water partition coefficient (Wildman–Crippen LogP) is 2.26. The molecule has 5 heteroatoms. The number of amides is 1. The molecule has 0 spiro atoms. The van der Waals surface area contributed by atoms with Gasteiger partial charge in [-0.05, 0) is 43.2 Å². The van der Waals surface area contributed by atoms with Gasteiger partial charge in [0.1, 0.15) is 5.75 Å². The predicted molar refractivity (Wildman–Crippen MR) is 87.3 cm³/mol. The first-order valence-corrected chi connectivity index (χ1v) is 7.66. The molecule has 1 aliphatic rings. The average molecular weight is 312 g/mol. The molecule has 3 rings (SSSR count). The molecule has 5 nitrogen and oxygen atoms in total. The summed E-state index contributed by atoms with van der Waals surface area (Å²) in [6, 6.07) is 10.9. The molecule has 1 amide bonds. The molecule has 0 saturated heterocycles. The van der Waals surface area contributed by atoms with Gasteiger partial charge in [-0.3, -0.25) is 9.78 Å². The highest BCUT2D eigenvalue weighted by molar-refractivity contribution is 5.96. The minimum atomic E-state index is -0.149. The Kier molecular flexibility index (Phi) is 4.30. The number of aromatic nitrogens is 1. The highest BCUT2D eigenvalue weighted by Crippen LogP contribution is 2.44. The number of benzene rings is 1. The Morgan fingerprint density at radius 2 is 2.17 bits per heavy atom. The first kappa shape index (κ1) is 15.5. The van der Waals surface area contributed by atoms with Crippen molar-refractivity contribution < 1.29 is 14.6 Å². The quantitative estimate of drug-likeness (QED) is 0.858. The summed E-state index contributed by atoms with van der Waals surface area (Å²) in [4.78, 5) is 16.7. The van der Waals surface area contributed by atoms with Crippen molar-refractivity contribution in [2.45, 2.75) is 12.8 Å². The molecule has 23 heavy (non-hydrogen) atoms. The Hall–Kier alpha value is -2.40. The number of hydrogen-bond acceptors (Lipinski definition) is 4. The van der Waals surface area contributed by atoms with E-state index in [0.29, 0.717) is 17.9 Å². The molecule has 1 heterocycles. The van der Waals surface area contributed by atoms with Gasteiger partial charge in [-0.1, -0.05) is 6.07 Å². The van der Waals surface area contributed by atoms with Crippen LogP contribution in [0.3, 0.4) is 0 Å². The highest BCUT2D eigenvalue weighted by atomic mass is 16.5. The van der Waals surface area contributed by atoms with Gasteiger partial charge in [0, 0.05) is 29.3 Å². The van der Waals surface area contributed by atoms with Crippen molar-refractivity contribution in [1.82, 2.24) is 10.3 Å². The van der Waals surface area contributed by atoms with Crippen molar-refractivity contribution in [1.29, 1.82) is 0 Å². The van der Waals surface area contributed by atoms with E-state index in [0.717, 1.165) is 24.1 Å². The number of carbonyl (C=O) groups is 1. The van der Waals surface area contributed by atoms with E-state index < -0.39 is 0 Å². The number of carbonyl (C=O) groups excluding carboxylic acids is 1. The number of rotatable bonds is 6. The second kappa shape index (κ2) is 6.38. The standard InChI is InChI=1S/C18H20N2O3/c1-23-16-6-5-13(10-14(16)15-4-2-3-9-19-15)17(22)20-11-18(12-21)7-8-18/h2-6,9-10,21H,7-8,11-12H2,1H3,(H,20,22). The Labute approximate surface area is 135 Å². The Bertz CT molecular complexity index is 697. The van der Waals surface area contributed by atoms with E-state index in [1.54, 1.807) is 31.5 Å². The Balaban J connectivity index is 1.81. The van der Waals surface area contributed by atoms with Crippen molar-refractivity contribution in [2.75, 3.05) is 20.3 Å². The van der Waals surface area contributed by atoms with Crippen LogP contribution in [0.15, 0.2) is 42.6 Å². The summed E-state index contributed by atoms with van der Waals surface area (Å²) in [6.45, 7) is 0.627. The van der Waals surface area contributed by atoms with E-state index in [4.69, 9.17) is 4.74 Å². The van der Waals surface area contributed by atoms with Gasteiger partial charge in [0.2, 0.25) is 0 Å². The Morgan fingerprint density at radius 1 is 1.35 bits per heavy atom. The third kappa shape index (κ3) is 3.35. The smallest absolute Gasteiger partial charge is 0.251 e. The lowest BCUT2D eigenvalue weighted by Crippen LogP contribution is -2.31. The SMILES string of the molecule is COc1ccc(C(=O)NCC2(CO)CC2)cc1-c1ccccn1. The van der Waals surface area contributed by atoms with Gasteiger partial charge in [0.25, 0.3) is 5.91 Å². The second-order valence-corrected chi connectivity index (χ2v) is 5.97. The normalized spacial score (nSPS) is 15.0. The average Bonchev–Trinajstić information content (AvgIpc) is 3.40. The molecule has 0 unspecified atom stereocenters. The van der Waals surface area contributed by atoms with Crippen LogP contribution in [0.2, 0.25) is 0 Å². The molecular formula is C18H20N2O3. The largest absolute Gasteiger partial charge is 0.496 e. The minimum absolute atomic E-state index is 0.105. The van der Waals surface area contributed by atoms with E-state index in [1.807, 2.05) is 18.2 Å². The summed E-state index contributed by atoms with van der Waals surface area (Å²) in [6.07, 6.45) is 3.64. The van der Waals surface area contributed by atoms with Gasteiger partial charge in [-0.25, -0.2) is 0 Å². The van der Waals surface area contributed by atoms with Crippen LogP contribution < -0.4 is 10.1 Å². The number of hydrogen-bond donors (Lipinski definition) is 2. The van der Waals surface area contributed by atoms with Crippen molar-refractivity contribution in [3.05, 3.63) is 48.2 Å². The molecule has 0 aliphatic heterocycles. The molecule has 0 bridgehead atoms. The minimum Gasteiger partial charge on any atom is -0.496 e. The molecule has 1 fully saturated rings. The zero-order chi connectivity index (χ0) is 16.3. The molecule has 2 N–H and O–H groups in total. The number of pyridine rings is 1. The first-order chi connectivity index (χ1) is 11.2. The van der Waals surface area contributed by atoms with Gasteiger partial charge >= 0.3 is 0 Å². The summed E-state index contributed by atoms with van der Waals surface area (Å²) in [5.74, 6) is 0.527. The van der Waals surface area contributed by atoms with Crippen molar-refractivity contribution >= 4 is 5.91 Å². The van der Waals surface area contributed by atoms with Crippen molar-refractivity contribution in [2.24, 2.45) is 5.41 Å². The van der Waals surface area contributed by atoms with Crippen molar-refractivity contribution in [3.8, 4) is 17.0 Å². The maximum atomic E-state index is 12.4. The van der Waals surface area contributed by atoms with Crippen LogP contribution in [-0.2, 0) is 0 Å².